The molecule has 0 unspecified atom stereocenters. The lowest BCUT2D eigenvalue weighted by Crippen LogP contribution is -2.32. The second kappa shape index (κ2) is 10.3. The van der Waals surface area contributed by atoms with E-state index in [9.17, 15) is 9.59 Å². The van der Waals surface area contributed by atoms with Gasteiger partial charge < -0.3 is 15.0 Å². The van der Waals surface area contributed by atoms with E-state index >= 15 is 0 Å². The fourth-order valence-corrected chi connectivity index (χ4v) is 2.75. The third-order valence-corrected chi connectivity index (χ3v) is 3.97. The van der Waals surface area contributed by atoms with Crippen LogP contribution in [0.25, 0.3) is 0 Å². The van der Waals surface area contributed by atoms with Gasteiger partial charge >= 0.3 is 5.97 Å². The first-order chi connectivity index (χ1) is 13.1. The number of para-hydroxylation sites is 1. The topological polar surface area (TPSA) is 71.5 Å². The van der Waals surface area contributed by atoms with Crippen LogP contribution in [-0.2, 0) is 4.74 Å². The zero-order chi connectivity index (χ0) is 19.6. The van der Waals surface area contributed by atoms with Gasteiger partial charge in [0.15, 0.2) is 0 Å². The summed E-state index contributed by atoms with van der Waals surface area (Å²) < 4.78 is 5.08. The molecular formula is C21H27N3O3. The van der Waals surface area contributed by atoms with Gasteiger partial charge in [-0.2, -0.15) is 0 Å². The highest BCUT2D eigenvalue weighted by Gasteiger charge is 2.15. The first-order valence-electron chi connectivity index (χ1n) is 9.39. The third kappa shape index (κ3) is 5.54. The van der Waals surface area contributed by atoms with Gasteiger partial charge in [0.1, 0.15) is 5.82 Å². The lowest BCUT2D eigenvalue weighted by Gasteiger charge is -2.21. The molecule has 0 fully saturated rings. The number of amides is 1. The van der Waals surface area contributed by atoms with Gasteiger partial charge in [-0.3, -0.25) is 4.79 Å². The number of aromatic nitrogens is 1. The van der Waals surface area contributed by atoms with Crippen LogP contribution in [0.4, 0.5) is 11.5 Å². The molecule has 0 spiro atoms. The molecule has 1 aromatic heterocycles. The Morgan fingerprint density at radius 1 is 1.04 bits per heavy atom. The summed E-state index contributed by atoms with van der Waals surface area (Å²) in [5, 5.41) is 3.12. The number of carbonyl (C=O) groups is 2. The van der Waals surface area contributed by atoms with Crippen LogP contribution in [0.1, 0.15) is 54.3 Å². The number of anilines is 2. The summed E-state index contributed by atoms with van der Waals surface area (Å²) in [6, 6.07) is 10.6. The third-order valence-electron chi connectivity index (χ3n) is 3.97. The van der Waals surface area contributed by atoms with Crippen LogP contribution in [0.2, 0.25) is 0 Å². The van der Waals surface area contributed by atoms with Crippen molar-refractivity contribution in [2.75, 3.05) is 25.0 Å². The Morgan fingerprint density at radius 3 is 2.33 bits per heavy atom. The molecule has 2 rings (SSSR count). The molecule has 1 heterocycles. The number of nitrogens with zero attached hydrogens (tertiary/aromatic N) is 2. The van der Waals surface area contributed by atoms with Gasteiger partial charge in [-0.15, -0.1) is 0 Å². The van der Waals surface area contributed by atoms with E-state index in [1.165, 1.54) is 0 Å². The van der Waals surface area contributed by atoms with E-state index in [-0.39, 0.29) is 11.9 Å². The number of esters is 1. The van der Waals surface area contributed by atoms with Gasteiger partial charge in [-0.05, 0) is 44.0 Å². The highest BCUT2D eigenvalue weighted by atomic mass is 16.5. The number of benzene rings is 1. The molecule has 1 amide bonds. The van der Waals surface area contributed by atoms with E-state index < -0.39 is 0 Å². The molecule has 0 saturated carbocycles. The molecule has 0 saturated heterocycles. The minimum absolute atomic E-state index is 0.00956. The predicted molar refractivity (Wildman–Crippen MR) is 106 cm³/mol. The van der Waals surface area contributed by atoms with Crippen molar-refractivity contribution in [3.63, 3.8) is 0 Å². The molecule has 1 aromatic carbocycles. The minimum atomic E-state index is -0.387. The fraction of sp³-hybridized carbons (Fsp3) is 0.381. The summed E-state index contributed by atoms with van der Waals surface area (Å²) in [4.78, 5) is 30.9. The van der Waals surface area contributed by atoms with Crippen molar-refractivity contribution in [3.8, 4) is 0 Å². The van der Waals surface area contributed by atoms with Gasteiger partial charge in [-0.25, -0.2) is 9.78 Å². The fourth-order valence-electron chi connectivity index (χ4n) is 2.75. The van der Waals surface area contributed by atoms with E-state index in [0.29, 0.717) is 29.2 Å². The predicted octanol–water partition coefficient (Wildman–Crippen LogP) is 4.26. The van der Waals surface area contributed by atoms with Crippen LogP contribution in [0.15, 0.2) is 42.6 Å². The Bertz CT molecular complexity index is 754. The largest absolute Gasteiger partial charge is 0.462 e. The summed E-state index contributed by atoms with van der Waals surface area (Å²) >= 11 is 0. The maximum atomic E-state index is 12.6. The Hall–Kier alpha value is -2.89. The van der Waals surface area contributed by atoms with Gasteiger partial charge in [0.05, 0.1) is 23.4 Å². The highest BCUT2D eigenvalue weighted by Crippen LogP contribution is 2.21. The molecule has 27 heavy (non-hydrogen) atoms. The molecule has 0 atom stereocenters. The normalized spacial score (nSPS) is 10.3. The Balaban J connectivity index is 2.14. The highest BCUT2D eigenvalue weighted by molar-refractivity contribution is 5.96. The summed E-state index contributed by atoms with van der Waals surface area (Å²) in [6.07, 6.45) is 3.41. The lowest BCUT2D eigenvalue weighted by molar-refractivity contribution is 0.0527. The van der Waals surface area contributed by atoms with E-state index in [2.05, 4.69) is 24.1 Å². The number of pyridine rings is 1. The standard InChI is InChI=1S/C21H27N3O3/c1-4-13-24(14-5-2)20(25)16-11-12-19(22-15-16)23-18-10-8-7-9-17(18)21(26)27-6-3/h7-12,15H,4-6,13-14H2,1-3H3,(H,22,23). The Kier molecular flexibility index (Phi) is 7.79. The van der Waals surface area contributed by atoms with Crippen LogP contribution in [-0.4, -0.2) is 41.5 Å². The zero-order valence-electron chi connectivity index (χ0n) is 16.2. The van der Waals surface area contributed by atoms with Crippen LogP contribution in [0, 0.1) is 0 Å². The molecule has 0 aliphatic heterocycles. The van der Waals surface area contributed by atoms with Crippen molar-refractivity contribution < 1.29 is 14.3 Å². The van der Waals surface area contributed by atoms with Crippen molar-refractivity contribution in [1.82, 2.24) is 9.88 Å². The van der Waals surface area contributed by atoms with Crippen LogP contribution >= 0.6 is 0 Å². The zero-order valence-corrected chi connectivity index (χ0v) is 16.2. The average Bonchev–Trinajstić information content (AvgIpc) is 2.68. The number of hydrogen-bond donors (Lipinski definition) is 1. The minimum Gasteiger partial charge on any atom is -0.462 e. The summed E-state index contributed by atoms with van der Waals surface area (Å²) in [5.74, 6) is 0.160. The second-order valence-corrected chi connectivity index (χ2v) is 6.12. The molecule has 6 heteroatoms. The van der Waals surface area contributed by atoms with Crippen LogP contribution in [0.5, 0.6) is 0 Å². The Labute approximate surface area is 160 Å². The maximum Gasteiger partial charge on any atom is 0.340 e. The molecular weight excluding hydrogens is 342 g/mol. The van der Waals surface area contributed by atoms with Crippen LogP contribution < -0.4 is 5.32 Å². The number of ether oxygens (including phenoxy) is 1. The van der Waals surface area contributed by atoms with E-state index in [4.69, 9.17) is 4.74 Å². The first-order valence-corrected chi connectivity index (χ1v) is 9.39. The molecule has 2 aromatic rings. The van der Waals surface area contributed by atoms with Gasteiger partial charge in [0.2, 0.25) is 0 Å². The van der Waals surface area contributed by atoms with Crippen molar-refractivity contribution in [3.05, 3.63) is 53.7 Å². The molecule has 0 aliphatic carbocycles. The first kappa shape index (κ1) is 20.4. The number of nitrogens with one attached hydrogen (secondary N) is 1. The van der Waals surface area contributed by atoms with Gasteiger partial charge in [0.25, 0.3) is 5.91 Å². The summed E-state index contributed by atoms with van der Waals surface area (Å²) in [5.41, 5.74) is 1.61. The maximum absolute atomic E-state index is 12.6. The quantitative estimate of drug-likeness (QED) is 0.669. The number of carbonyl (C=O) groups excluding carboxylic acids is 2. The monoisotopic (exact) mass is 369 g/mol. The van der Waals surface area contributed by atoms with E-state index in [0.717, 1.165) is 25.9 Å². The Morgan fingerprint density at radius 2 is 1.74 bits per heavy atom. The van der Waals surface area contributed by atoms with Crippen molar-refractivity contribution in [2.45, 2.75) is 33.6 Å². The molecule has 1 N–H and O–H groups in total. The number of rotatable bonds is 9. The summed E-state index contributed by atoms with van der Waals surface area (Å²) in [7, 11) is 0. The van der Waals surface area contributed by atoms with Crippen LogP contribution in [0.3, 0.4) is 0 Å². The molecule has 144 valence electrons. The van der Waals surface area contributed by atoms with Gasteiger partial charge in [-0.1, -0.05) is 26.0 Å². The SMILES string of the molecule is CCCN(CCC)C(=O)c1ccc(Nc2ccccc2C(=O)OCC)nc1. The second-order valence-electron chi connectivity index (χ2n) is 6.12. The van der Waals surface area contributed by atoms with Crippen molar-refractivity contribution in [1.29, 1.82) is 0 Å². The van der Waals surface area contributed by atoms with Crippen molar-refractivity contribution >= 4 is 23.4 Å². The van der Waals surface area contributed by atoms with Crippen molar-refractivity contribution in [2.24, 2.45) is 0 Å². The smallest absolute Gasteiger partial charge is 0.340 e. The molecule has 0 radical (unpaired) electrons. The molecule has 6 nitrogen and oxygen atoms in total. The van der Waals surface area contributed by atoms with E-state index in [1.54, 1.807) is 43.5 Å². The lowest BCUT2D eigenvalue weighted by atomic mass is 10.1. The number of hydrogen-bond acceptors (Lipinski definition) is 5. The molecule has 0 bridgehead atoms. The average molecular weight is 369 g/mol. The van der Waals surface area contributed by atoms with E-state index in [1.807, 2.05) is 11.0 Å². The molecule has 0 aliphatic rings. The van der Waals surface area contributed by atoms with Gasteiger partial charge in [0, 0.05) is 19.3 Å². The summed E-state index contributed by atoms with van der Waals surface area (Å²) in [6.45, 7) is 7.67.